The van der Waals surface area contributed by atoms with E-state index in [0.717, 1.165) is 65.9 Å². The molecule has 10 rings (SSSR count). The predicted molar refractivity (Wildman–Crippen MR) is 189 cm³/mol. The smallest absolute Gasteiger partial charge is 0.235 e. The lowest BCUT2D eigenvalue weighted by Crippen LogP contribution is -2.04. The quantitative estimate of drug-likeness (QED) is 0.193. The van der Waals surface area contributed by atoms with E-state index in [1.165, 1.54) is 16.2 Å². The van der Waals surface area contributed by atoms with Crippen LogP contribution in [0, 0.1) is 0 Å². The minimum Gasteiger partial charge on any atom is -0.277 e. The zero-order valence-electron chi connectivity index (χ0n) is 24.7. The molecule has 5 heteroatoms. The Hall–Kier alpha value is -6.33. The number of nitrogens with zero attached hydrogens (tertiary/aromatic N) is 5. The van der Waals surface area contributed by atoms with E-state index in [0.29, 0.717) is 5.95 Å². The van der Waals surface area contributed by atoms with Crippen LogP contribution >= 0.6 is 0 Å². The van der Waals surface area contributed by atoms with E-state index in [-0.39, 0.29) is 0 Å². The maximum Gasteiger partial charge on any atom is 0.235 e. The molecule has 46 heavy (non-hydrogen) atoms. The van der Waals surface area contributed by atoms with Crippen molar-refractivity contribution in [2.24, 2.45) is 0 Å². The molecule has 0 unspecified atom stereocenters. The van der Waals surface area contributed by atoms with Crippen LogP contribution in [-0.2, 0) is 0 Å². The van der Waals surface area contributed by atoms with Crippen LogP contribution in [0.4, 0.5) is 0 Å². The van der Waals surface area contributed by atoms with Gasteiger partial charge in [-0.2, -0.15) is 5.10 Å². The number of rotatable bonds is 3. The minimum absolute atomic E-state index is 0.646. The first-order valence-electron chi connectivity index (χ1n) is 15.5. The van der Waals surface area contributed by atoms with E-state index in [1.807, 2.05) is 41.2 Å². The Labute approximate surface area is 263 Å². The van der Waals surface area contributed by atoms with Crippen molar-refractivity contribution >= 4 is 65.2 Å². The van der Waals surface area contributed by atoms with Gasteiger partial charge in [0.25, 0.3) is 0 Å². The molecule has 3 aromatic heterocycles. The topological polar surface area (TPSA) is 48.5 Å². The highest BCUT2D eigenvalue weighted by molar-refractivity contribution is 6.27. The van der Waals surface area contributed by atoms with Gasteiger partial charge in [-0.25, -0.2) is 14.6 Å². The number of benzene rings is 7. The molecule has 0 aliphatic rings. The van der Waals surface area contributed by atoms with Crippen molar-refractivity contribution in [3.05, 3.63) is 152 Å². The highest BCUT2D eigenvalue weighted by Gasteiger charge is 2.22. The van der Waals surface area contributed by atoms with Crippen LogP contribution in [0.15, 0.2) is 152 Å². The molecule has 5 nitrogen and oxygen atoms in total. The Morgan fingerprint density at radius 3 is 2.02 bits per heavy atom. The van der Waals surface area contributed by atoms with Gasteiger partial charge >= 0.3 is 0 Å². The zero-order chi connectivity index (χ0) is 30.2. The van der Waals surface area contributed by atoms with Crippen LogP contribution in [0.5, 0.6) is 0 Å². The lowest BCUT2D eigenvalue weighted by Gasteiger charge is -2.13. The summed E-state index contributed by atoms with van der Waals surface area (Å²) in [7, 11) is 0. The van der Waals surface area contributed by atoms with Gasteiger partial charge in [-0.3, -0.25) is 4.57 Å². The summed E-state index contributed by atoms with van der Waals surface area (Å²) in [6.07, 6.45) is 2.00. The van der Waals surface area contributed by atoms with E-state index in [1.54, 1.807) is 0 Å². The van der Waals surface area contributed by atoms with Crippen LogP contribution in [-0.4, -0.2) is 24.3 Å². The van der Waals surface area contributed by atoms with Gasteiger partial charge in [-0.15, -0.1) is 0 Å². The second-order valence-corrected chi connectivity index (χ2v) is 11.7. The van der Waals surface area contributed by atoms with E-state index in [4.69, 9.17) is 15.1 Å². The van der Waals surface area contributed by atoms with Gasteiger partial charge < -0.3 is 0 Å². The summed E-state index contributed by atoms with van der Waals surface area (Å²) in [5, 5.41) is 14.1. The molecule has 0 saturated carbocycles. The molecule has 0 amide bonds. The summed E-state index contributed by atoms with van der Waals surface area (Å²) >= 11 is 0. The van der Waals surface area contributed by atoms with Crippen LogP contribution in [0.2, 0.25) is 0 Å². The molecule has 0 bridgehead atoms. The van der Waals surface area contributed by atoms with Crippen molar-refractivity contribution in [2.45, 2.75) is 0 Å². The maximum absolute atomic E-state index is 5.35. The molecule has 10 aromatic rings. The SMILES string of the molecule is c1ccc(-c2nc(-n3c4ccc5c(cnn5-c5ccccc5)c4c4ccc5c6ccccc6ccc5c43)nc3ccccc23)cc1. The Bertz CT molecular complexity index is 2790. The lowest BCUT2D eigenvalue weighted by atomic mass is 9.99. The normalized spacial score (nSPS) is 11.9. The van der Waals surface area contributed by atoms with Gasteiger partial charge in [-0.1, -0.05) is 115 Å². The van der Waals surface area contributed by atoms with Gasteiger partial charge in [0, 0.05) is 32.5 Å². The first-order valence-corrected chi connectivity index (χ1v) is 15.5. The Kier molecular flexibility index (Phi) is 5.22. The molecule has 214 valence electrons. The summed E-state index contributed by atoms with van der Waals surface area (Å²) in [6.45, 7) is 0. The largest absolute Gasteiger partial charge is 0.277 e. The summed E-state index contributed by atoms with van der Waals surface area (Å²) in [4.78, 5) is 10.6. The van der Waals surface area contributed by atoms with E-state index >= 15 is 0 Å². The summed E-state index contributed by atoms with van der Waals surface area (Å²) in [6, 6.07) is 50.9. The molecular formula is C41H25N5. The number of hydrogen-bond donors (Lipinski definition) is 0. The molecule has 0 saturated heterocycles. The Balaban J connectivity index is 1.38. The number of hydrogen-bond acceptors (Lipinski definition) is 3. The molecule has 0 N–H and O–H groups in total. The fourth-order valence-corrected chi connectivity index (χ4v) is 7.16. The van der Waals surface area contributed by atoms with E-state index < -0.39 is 0 Å². The third-order valence-corrected chi connectivity index (χ3v) is 9.20. The van der Waals surface area contributed by atoms with Gasteiger partial charge in [0.05, 0.1) is 39.6 Å². The van der Waals surface area contributed by atoms with E-state index in [9.17, 15) is 0 Å². The summed E-state index contributed by atoms with van der Waals surface area (Å²) in [5.74, 6) is 0.646. The highest BCUT2D eigenvalue weighted by Crippen LogP contribution is 2.42. The fourth-order valence-electron chi connectivity index (χ4n) is 7.16. The fraction of sp³-hybridized carbons (Fsp3) is 0. The third kappa shape index (κ3) is 3.54. The lowest BCUT2D eigenvalue weighted by molar-refractivity contribution is 0.911. The van der Waals surface area contributed by atoms with Crippen molar-refractivity contribution in [3.8, 4) is 22.9 Å². The Morgan fingerprint density at radius 1 is 0.457 bits per heavy atom. The summed E-state index contributed by atoms with van der Waals surface area (Å²) < 4.78 is 4.28. The minimum atomic E-state index is 0.646. The van der Waals surface area contributed by atoms with E-state index in [2.05, 4.69) is 120 Å². The van der Waals surface area contributed by atoms with Gasteiger partial charge in [-0.05, 0) is 46.5 Å². The van der Waals surface area contributed by atoms with Crippen molar-refractivity contribution in [1.29, 1.82) is 0 Å². The van der Waals surface area contributed by atoms with Gasteiger partial charge in [0.15, 0.2) is 0 Å². The molecule has 0 aliphatic carbocycles. The first kappa shape index (κ1) is 25.0. The molecule has 7 aromatic carbocycles. The van der Waals surface area contributed by atoms with Crippen LogP contribution in [0.1, 0.15) is 0 Å². The highest BCUT2D eigenvalue weighted by atomic mass is 15.3. The predicted octanol–water partition coefficient (Wildman–Crippen LogP) is 10.0. The van der Waals surface area contributed by atoms with Crippen LogP contribution in [0.3, 0.4) is 0 Å². The zero-order valence-corrected chi connectivity index (χ0v) is 24.7. The molecule has 0 radical (unpaired) electrons. The van der Waals surface area contributed by atoms with Crippen molar-refractivity contribution < 1.29 is 0 Å². The van der Waals surface area contributed by atoms with Crippen LogP contribution < -0.4 is 0 Å². The maximum atomic E-state index is 5.35. The average molecular weight is 588 g/mol. The average Bonchev–Trinajstić information content (AvgIpc) is 3.71. The molecular weight excluding hydrogens is 562 g/mol. The standard InChI is InChI=1S/C41H25N5/c1-3-12-27(13-4-1)39-32-17-9-10-18-35(32)43-41(44-39)45-37-24-23-36-34(25-42-46(36)28-14-5-2-6-15-28)38(37)33-22-21-30-29-16-8-7-11-26(29)19-20-31(30)40(33)45/h1-25H. The monoisotopic (exact) mass is 587 g/mol. The van der Waals surface area contributed by atoms with Crippen molar-refractivity contribution in [3.63, 3.8) is 0 Å². The molecule has 3 heterocycles. The van der Waals surface area contributed by atoms with Crippen molar-refractivity contribution in [2.75, 3.05) is 0 Å². The molecule has 0 fully saturated rings. The molecule has 0 spiro atoms. The number of fused-ring (bicyclic) bond motifs is 10. The van der Waals surface area contributed by atoms with Crippen LogP contribution in [0.25, 0.3) is 88.0 Å². The Morgan fingerprint density at radius 2 is 1.15 bits per heavy atom. The van der Waals surface area contributed by atoms with Crippen molar-refractivity contribution in [1.82, 2.24) is 24.3 Å². The first-order chi connectivity index (χ1) is 22.8. The summed E-state index contributed by atoms with van der Waals surface area (Å²) in [5.41, 5.74) is 7.11. The molecule has 0 aliphatic heterocycles. The molecule has 0 atom stereocenters. The van der Waals surface area contributed by atoms with Gasteiger partial charge in [0.1, 0.15) is 0 Å². The number of aromatic nitrogens is 5. The third-order valence-electron chi connectivity index (χ3n) is 9.20. The van der Waals surface area contributed by atoms with Gasteiger partial charge in [0.2, 0.25) is 5.95 Å². The second kappa shape index (κ2) is 9.58. The number of para-hydroxylation sites is 2. The second-order valence-electron chi connectivity index (χ2n) is 11.7.